The van der Waals surface area contributed by atoms with E-state index in [0.717, 1.165) is 30.5 Å². The number of imidazole rings is 1. The molecule has 0 aliphatic carbocycles. The fourth-order valence-electron chi connectivity index (χ4n) is 3.47. The first-order valence-electron chi connectivity index (χ1n) is 9.43. The molecule has 0 saturated carbocycles. The van der Waals surface area contributed by atoms with Gasteiger partial charge >= 0.3 is 0 Å². The Balaban J connectivity index is 1.97. The zero-order chi connectivity index (χ0) is 19.6. The van der Waals surface area contributed by atoms with Crippen LogP contribution in [0.4, 0.5) is 5.69 Å². The molecule has 27 heavy (non-hydrogen) atoms. The monoisotopic (exact) mass is 388 g/mol. The molecule has 144 valence electrons. The number of hydrogen-bond acceptors (Lipinski definition) is 3. The van der Waals surface area contributed by atoms with Gasteiger partial charge in [0.2, 0.25) is 0 Å². The zero-order valence-electron chi connectivity index (χ0n) is 16.0. The number of fused-ring (bicyclic) bond motifs is 1. The van der Waals surface area contributed by atoms with Gasteiger partial charge < -0.3 is 14.8 Å². The van der Waals surface area contributed by atoms with Crippen LogP contribution in [0.1, 0.15) is 59.1 Å². The number of carbonyl (C=O) groups is 2. The summed E-state index contributed by atoms with van der Waals surface area (Å²) in [6.07, 6.45) is 2.73. The van der Waals surface area contributed by atoms with Crippen molar-refractivity contribution in [1.82, 2.24) is 14.5 Å². The second kappa shape index (κ2) is 8.13. The number of nitrogens with zero attached hydrogens (tertiary/aromatic N) is 3. The van der Waals surface area contributed by atoms with Crippen molar-refractivity contribution in [2.75, 3.05) is 18.4 Å². The summed E-state index contributed by atoms with van der Waals surface area (Å²) in [7, 11) is 0. The van der Waals surface area contributed by atoms with Crippen LogP contribution in [0, 0.1) is 6.92 Å². The highest BCUT2D eigenvalue weighted by molar-refractivity contribution is 6.31. The summed E-state index contributed by atoms with van der Waals surface area (Å²) in [6, 6.07) is 5.38. The molecule has 2 heterocycles. The van der Waals surface area contributed by atoms with Crippen molar-refractivity contribution >= 4 is 29.1 Å². The van der Waals surface area contributed by atoms with Gasteiger partial charge in [-0.2, -0.15) is 0 Å². The van der Waals surface area contributed by atoms with E-state index >= 15 is 0 Å². The molecule has 0 bridgehead atoms. The Morgan fingerprint density at radius 2 is 2.00 bits per heavy atom. The molecule has 1 aliphatic rings. The fourth-order valence-corrected chi connectivity index (χ4v) is 3.64. The summed E-state index contributed by atoms with van der Waals surface area (Å²) in [5.41, 5.74) is 2.73. The molecule has 3 rings (SSSR count). The molecule has 1 aromatic heterocycles. The van der Waals surface area contributed by atoms with Gasteiger partial charge in [0.25, 0.3) is 11.8 Å². The van der Waals surface area contributed by atoms with Crippen LogP contribution in [0.25, 0.3) is 0 Å². The van der Waals surface area contributed by atoms with Gasteiger partial charge in [0.1, 0.15) is 5.69 Å². The minimum Gasteiger partial charge on any atom is -0.338 e. The summed E-state index contributed by atoms with van der Waals surface area (Å²) in [4.78, 5) is 32.0. The second-order valence-electron chi connectivity index (χ2n) is 6.68. The minimum absolute atomic E-state index is 0.108. The van der Waals surface area contributed by atoms with Crippen LogP contribution in [-0.4, -0.2) is 39.4 Å². The molecule has 6 nitrogen and oxygen atoms in total. The number of benzene rings is 1. The minimum atomic E-state index is -0.317. The number of hydrogen-bond donors (Lipinski definition) is 1. The first-order valence-corrected chi connectivity index (χ1v) is 9.80. The number of halogens is 1. The topological polar surface area (TPSA) is 67.2 Å². The van der Waals surface area contributed by atoms with Gasteiger partial charge in [0.05, 0.1) is 5.69 Å². The van der Waals surface area contributed by atoms with Gasteiger partial charge in [-0.3, -0.25) is 9.59 Å². The molecule has 0 saturated heterocycles. The fraction of sp³-hybridized carbons (Fsp3) is 0.450. The van der Waals surface area contributed by atoms with Crippen molar-refractivity contribution in [3.05, 3.63) is 46.0 Å². The maximum absolute atomic E-state index is 12.9. The molecule has 1 N–H and O–H groups in total. The average Bonchev–Trinajstić information content (AvgIpc) is 3.06. The van der Waals surface area contributed by atoms with Crippen LogP contribution < -0.4 is 5.32 Å². The number of rotatable bonds is 5. The molecule has 1 aromatic carbocycles. The largest absolute Gasteiger partial charge is 0.338 e. The molecule has 1 aliphatic heterocycles. The van der Waals surface area contributed by atoms with Gasteiger partial charge in [0, 0.05) is 30.3 Å². The van der Waals surface area contributed by atoms with Gasteiger partial charge in [-0.05, 0) is 57.7 Å². The SMILES string of the molecule is CCN(CC)C(=O)c1nc(C(=O)Nc2cccc(Cl)c2C)n2c1CCCC2. The van der Waals surface area contributed by atoms with Crippen molar-refractivity contribution < 1.29 is 9.59 Å². The first-order chi connectivity index (χ1) is 13.0. The smallest absolute Gasteiger partial charge is 0.291 e. The Bertz CT molecular complexity index is 871. The third-order valence-electron chi connectivity index (χ3n) is 5.09. The molecule has 0 unspecified atom stereocenters. The number of aromatic nitrogens is 2. The van der Waals surface area contributed by atoms with Crippen LogP contribution in [-0.2, 0) is 13.0 Å². The molecule has 0 fully saturated rings. The summed E-state index contributed by atoms with van der Waals surface area (Å²) < 4.78 is 1.90. The van der Waals surface area contributed by atoms with Crippen molar-refractivity contribution in [3.63, 3.8) is 0 Å². The number of carbonyl (C=O) groups excluding carboxylic acids is 2. The van der Waals surface area contributed by atoms with E-state index in [1.165, 1.54) is 0 Å². The number of amides is 2. The van der Waals surface area contributed by atoms with Crippen molar-refractivity contribution in [1.29, 1.82) is 0 Å². The van der Waals surface area contributed by atoms with Crippen molar-refractivity contribution in [2.24, 2.45) is 0 Å². The highest BCUT2D eigenvalue weighted by Crippen LogP contribution is 2.26. The van der Waals surface area contributed by atoms with E-state index in [9.17, 15) is 9.59 Å². The Labute approximate surface area is 164 Å². The van der Waals surface area contributed by atoms with Crippen LogP contribution >= 0.6 is 11.6 Å². The molecule has 0 spiro atoms. The molecule has 2 amide bonds. The summed E-state index contributed by atoms with van der Waals surface area (Å²) >= 11 is 6.15. The predicted molar refractivity (Wildman–Crippen MR) is 107 cm³/mol. The Morgan fingerprint density at radius 3 is 2.70 bits per heavy atom. The second-order valence-corrected chi connectivity index (χ2v) is 7.09. The van der Waals surface area contributed by atoms with Gasteiger partial charge in [-0.15, -0.1) is 0 Å². The maximum atomic E-state index is 12.9. The van der Waals surface area contributed by atoms with E-state index in [-0.39, 0.29) is 11.8 Å². The Hall–Kier alpha value is -2.34. The van der Waals surface area contributed by atoms with Crippen LogP contribution in [0.2, 0.25) is 5.02 Å². The number of nitrogens with one attached hydrogen (secondary N) is 1. The van der Waals surface area contributed by atoms with Crippen LogP contribution in [0.5, 0.6) is 0 Å². The zero-order valence-corrected chi connectivity index (χ0v) is 16.8. The predicted octanol–water partition coefficient (Wildman–Crippen LogP) is 3.92. The standard InChI is InChI=1S/C20H25ClN4O2/c1-4-24(5-2)20(27)17-16-11-6-7-12-25(16)18(23-17)19(26)22-15-10-8-9-14(21)13(15)3/h8-10H,4-7,11-12H2,1-3H3,(H,22,26). The van der Waals surface area contributed by atoms with E-state index in [1.54, 1.807) is 23.1 Å². The van der Waals surface area contributed by atoms with Gasteiger partial charge in [-0.1, -0.05) is 17.7 Å². The van der Waals surface area contributed by atoms with Crippen molar-refractivity contribution in [3.8, 4) is 0 Å². The lowest BCUT2D eigenvalue weighted by atomic mass is 10.1. The van der Waals surface area contributed by atoms with E-state index in [0.29, 0.717) is 41.9 Å². The first kappa shape index (κ1) is 19.4. The van der Waals surface area contributed by atoms with E-state index < -0.39 is 0 Å². The Morgan fingerprint density at radius 1 is 1.26 bits per heavy atom. The molecule has 2 aromatic rings. The third kappa shape index (κ3) is 3.72. The molecule has 0 radical (unpaired) electrons. The quantitative estimate of drug-likeness (QED) is 0.844. The molecule has 0 atom stereocenters. The number of anilines is 1. The summed E-state index contributed by atoms with van der Waals surface area (Å²) in [6.45, 7) is 7.67. The van der Waals surface area contributed by atoms with Crippen LogP contribution in [0.15, 0.2) is 18.2 Å². The lowest BCUT2D eigenvalue weighted by molar-refractivity contribution is 0.0766. The normalized spacial score (nSPS) is 13.2. The third-order valence-corrected chi connectivity index (χ3v) is 5.50. The van der Waals surface area contributed by atoms with Gasteiger partial charge in [-0.25, -0.2) is 4.98 Å². The summed E-state index contributed by atoms with van der Waals surface area (Å²) in [5.74, 6) is -0.134. The van der Waals surface area contributed by atoms with E-state index in [1.807, 2.05) is 25.3 Å². The molecule has 7 heteroatoms. The highest BCUT2D eigenvalue weighted by atomic mass is 35.5. The van der Waals surface area contributed by atoms with Crippen LogP contribution in [0.3, 0.4) is 0 Å². The highest BCUT2D eigenvalue weighted by Gasteiger charge is 2.29. The van der Waals surface area contributed by atoms with Crippen molar-refractivity contribution in [2.45, 2.75) is 46.6 Å². The van der Waals surface area contributed by atoms with Gasteiger partial charge in [0.15, 0.2) is 5.82 Å². The maximum Gasteiger partial charge on any atom is 0.291 e. The Kier molecular flexibility index (Phi) is 5.85. The molecular formula is C20H25ClN4O2. The summed E-state index contributed by atoms with van der Waals surface area (Å²) in [5, 5.41) is 3.49. The lowest BCUT2D eigenvalue weighted by Crippen LogP contribution is -2.31. The van der Waals surface area contributed by atoms with E-state index in [2.05, 4.69) is 10.3 Å². The van der Waals surface area contributed by atoms with E-state index in [4.69, 9.17) is 11.6 Å². The molecular weight excluding hydrogens is 364 g/mol. The average molecular weight is 389 g/mol. The lowest BCUT2D eigenvalue weighted by Gasteiger charge is -2.20.